The lowest BCUT2D eigenvalue weighted by molar-refractivity contribution is 0.0946. The second-order valence-electron chi connectivity index (χ2n) is 8.95. The Morgan fingerprint density at radius 1 is 0.806 bits per heavy atom. The number of carbonyl (C=O) groups excluding carboxylic acids is 1. The molecule has 0 spiro atoms. The van der Waals surface area contributed by atoms with Gasteiger partial charge in [0.25, 0.3) is 5.91 Å². The van der Waals surface area contributed by atoms with Gasteiger partial charge in [-0.15, -0.1) is 0 Å². The zero-order valence-corrected chi connectivity index (χ0v) is 18.9. The number of piperidine rings is 1. The first-order valence-electron chi connectivity index (χ1n) is 11.8. The molecule has 2 saturated heterocycles. The number of likely N-dealkylation sites (tertiary alicyclic amines) is 1. The molecule has 1 amide bonds. The van der Waals surface area contributed by atoms with Gasteiger partial charge < -0.3 is 15.1 Å². The molecule has 0 unspecified atom stereocenters. The van der Waals surface area contributed by atoms with Crippen molar-refractivity contribution in [3.8, 4) is 0 Å². The summed E-state index contributed by atoms with van der Waals surface area (Å²) >= 11 is 0. The number of aryl methyl sites for hydroxylation is 1. The van der Waals surface area contributed by atoms with E-state index in [0.717, 1.165) is 51.4 Å². The molecule has 1 N–H and O–H groups in total. The Morgan fingerprint density at radius 2 is 1.48 bits per heavy atom. The lowest BCUT2D eigenvalue weighted by Crippen LogP contribution is -2.45. The predicted molar refractivity (Wildman–Crippen MR) is 128 cm³/mol. The van der Waals surface area contributed by atoms with Gasteiger partial charge in [-0.1, -0.05) is 36.2 Å². The molecule has 2 fully saturated rings. The van der Waals surface area contributed by atoms with E-state index >= 15 is 0 Å². The molecular weight excluding hydrogens is 384 g/mol. The summed E-state index contributed by atoms with van der Waals surface area (Å²) in [6, 6.07) is 17.0. The summed E-state index contributed by atoms with van der Waals surface area (Å²) in [4.78, 5) is 19.8. The average molecular weight is 421 g/mol. The van der Waals surface area contributed by atoms with Gasteiger partial charge in [-0.3, -0.25) is 9.69 Å². The van der Waals surface area contributed by atoms with Crippen LogP contribution in [0, 0.1) is 6.92 Å². The molecule has 2 aromatic carbocycles. The van der Waals surface area contributed by atoms with Crippen LogP contribution in [0.5, 0.6) is 0 Å². The maximum atomic E-state index is 12.4. The highest BCUT2D eigenvalue weighted by molar-refractivity contribution is 5.94. The zero-order valence-electron chi connectivity index (χ0n) is 18.9. The molecule has 0 aromatic heterocycles. The zero-order chi connectivity index (χ0) is 21.5. The van der Waals surface area contributed by atoms with E-state index in [1.54, 1.807) is 0 Å². The highest BCUT2D eigenvalue weighted by Crippen LogP contribution is 2.18. The van der Waals surface area contributed by atoms with Crippen molar-refractivity contribution in [1.29, 1.82) is 0 Å². The van der Waals surface area contributed by atoms with E-state index in [1.165, 1.54) is 49.2 Å². The summed E-state index contributed by atoms with van der Waals surface area (Å²) in [5.74, 6) is 0.0373. The number of piperazine rings is 1. The quantitative estimate of drug-likeness (QED) is 0.744. The Morgan fingerprint density at radius 3 is 2.16 bits per heavy atom. The van der Waals surface area contributed by atoms with E-state index in [0.29, 0.717) is 0 Å². The largest absolute Gasteiger partial charge is 0.369 e. The maximum Gasteiger partial charge on any atom is 0.251 e. The van der Waals surface area contributed by atoms with Crippen molar-refractivity contribution in [3.05, 3.63) is 65.2 Å². The summed E-state index contributed by atoms with van der Waals surface area (Å²) in [7, 11) is 0. The van der Waals surface area contributed by atoms with Crippen LogP contribution in [0.4, 0.5) is 5.69 Å². The van der Waals surface area contributed by atoms with Gasteiger partial charge in [-0.2, -0.15) is 0 Å². The highest BCUT2D eigenvalue weighted by atomic mass is 16.1. The van der Waals surface area contributed by atoms with E-state index < -0.39 is 0 Å². The molecule has 5 heteroatoms. The van der Waals surface area contributed by atoms with Crippen molar-refractivity contribution in [1.82, 2.24) is 15.1 Å². The summed E-state index contributed by atoms with van der Waals surface area (Å²) in [5, 5.41) is 3.07. The monoisotopic (exact) mass is 420 g/mol. The molecule has 5 nitrogen and oxygen atoms in total. The van der Waals surface area contributed by atoms with E-state index in [1.807, 2.05) is 12.1 Å². The average Bonchev–Trinajstić information content (AvgIpc) is 2.81. The summed E-state index contributed by atoms with van der Waals surface area (Å²) in [6.07, 6.45) is 3.92. The molecule has 2 heterocycles. The molecule has 0 saturated carbocycles. The third kappa shape index (κ3) is 6.31. The van der Waals surface area contributed by atoms with Gasteiger partial charge in [0.1, 0.15) is 0 Å². The van der Waals surface area contributed by atoms with Gasteiger partial charge in [0, 0.05) is 57.1 Å². The van der Waals surface area contributed by atoms with Gasteiger partial charge in [0.05, 0.1) is 0 Å². The van der Waals surface area contributed by atoms with Crippen LogP contribution in [0.15, 0.2) is 48.5 Å². The number of hydrogen-bond donors (Lipinski definition) is 1. The Kier molecular flexibility index (Phi) is 7.60. The number of rotatable bonds is 7. The van der Waals surface area contributed by atoms with Crippen LogP contribution in [0.25, 0.3) is 0 Å². The maximum absolute atomic E-state index is 12.4. The molecule has 0 aliphatic carbocycles. The summed E-state index contributed by atoms with van der Waals surface area (Å²) < 4.78 is 0. The number of nitrogens with one attached hydrogen (secondary N) is 1. The first-order valence-corrected chi connectivity index (χ1v) is 11.8. The minimum absolute atomic E-state index is 0.0373. The molecule has 2 aliphatic rings. The smallest absolute Gasteiger partial charge is 0.251 e. The second kappa shape index (κ2) is 10.8. The van der Waals surface area contributed by atoms with E-state index in [4.69, 9.17) is 0 Å². The topological polar surface area (TPSA) is 38.8 Å². The first kappa shape index (κ1) is 21.8. The Labute approximate surface area is 187 Å². The molecule has 4 rings (SSSR count). The fraction of sp³-hybridized carbons (Fsp3) is 0.500. The third-order valence-corrected chi connectivity index (χ3v) is 6.56. The Bertz CT molecular complexity index is 819. The number of amides is 1. The van der Waals surface area contributed by atoms with Gasteiger partial charge in [0.15, 0.2) is 0 Å². The third-order valence-electron chi connectivity index (χ3n) is 6.56. The van der Waals surface area contributed by atoms with E-state index in [9.17, 15) is 4.79 Å². The van der Waals surface area contributed by atoms with Crippen molar-refractivity contribution in [3.63, 3.8) is 0 Å². The standard InChI is InChI=1S/C26H36N4O/c1-22-5-11-25(12-6-22)30-19-17-29(18-20-30)21-23-7-9-24(10-8-23)26(31)27-13-16-28-14-3-2-4-15-28/h5-12H,2-4,13-21H2,1H3,(H,27,31). The molecule has 0 atom stereocenters. The van der Waals surface area contributed by atoms with Crippen LogP contribution in [-0.4, -0.2) is 68.1 Å². The Hall–Kier alpha value is -2.37. The van der Waals surface area contributed by atoms with Gasteiger partial charge in [-0.25, -0.2) is 0 Å². The second-order valence-corrected chi connectivity index (χ2v) is 8.95. The van der Waals surface area contributed by atoms with Crippen LogP contribution in [0.3, 0.4) is 0 Å². The van der Waals surface area contributed by atoms with Crippen LogP contribution in [0.2, 0.25) is 0 Å². The number of nitrogens with zero attached hydrogens (tertiary/aromatic N) is 3. The summed E-state index contributed by atoms with van der Waals surface area (Å²) in [6.45, 7) is 11.3. The molecule has 166 valence electrons. The SMILES string of the molecule is Cc1ccc(N2CCN(Cc3ccc(C(=O)NCCN4CCCCC4)cc3)CC2)cc1. The van der Waals surface area contributed by atoms with Crippen LogP contribution in [0.1, 0.15) is 40.7 Å². The number of hydrogen-bond acceptors (Lipinski definition) is 4. The predicted octanol–water partition coefficient (Wildman–Crippen LogP) is 3.53. The first-order chi connectivity index (χ1) is 15.2. The molecule has 2 aromatic rings. The van der Waals surface area contributed by atoms with E-state index in [2.05, 4.69) is 63.3 Å². The number of anilines is 1. The van der Waals surface area contributed by atoms with Crippen LogP contribution >= 0.6 is 0 Å². The fourth-order valence-electron chi connectivity index (χ4n) is 4.55. The number of benzene rings is 2. The van der Waals surface area contributed by atoms with Crippen LogP contribution in [-0.2, 0) is 6.54 Å². The molecular formula is C26H36N4O. The molecule has 0 radical (unpaired) electrons. The molecule has 0 bridgehead atoms. The van der Waals surface area contributed by atoms with E-state index in [-0.39, 0.29) is 5.91 Å². The number of carbonyl (C=O) groups is 1. The van der Waals surface area contributed by atoms with Crippen molar-refractivity contribution in [2.45, 2.75) is 32.7 Å². The van der Waals surface area contributed by atoms with Gasteiger partial charge >= 0.3 is 0 Å². The van der Waals surface area contributed by atoms with Gasteiger partial charge in [-0.05, 0) is 62.7 Å². The van der Waals surface area contributed by atoms with Crippen LogP contribution < -0.4 is 10.2 Å². The minimum Gasteiger partial charge on any atom is -0.369 e. The van der Waals surface area contributed by atoms with Gasteiger partial charge in [0.2, 0.25) is 0 Å². The lowest BCUT2D eigenvalue weighted by atomic mass is 10.1. The fourth-order valence-corrected chi connectivity index (χ4v) is 4.55. The van der Waals surface area contributed by atoms with Crippen molar-refractivity contribution in [2.24, 2.45) is 0 Å². The van der Waals surface area contributed by atoms with Crippen molar-refractivity contribution >= 4 is 11.6 Å². The highest BCUT2D eigenvalue weighted by Gasteiger charge is 2.17. The minimum atomic E-state index is 0.0373. The Balaban J connectivity index is 1.19. The van der Waals surface area contributed by atoms with Crippen molar-refractivity contribution in [2.75, 3.05) is 57.3 Å². The lowest BCUT2D eigenvalue weighted by Gasteiger charge is -2.36. The normalized spacial score (nSPS) is 18.2. The molecule has 2 aliphatic heterocycles. The molecule has 31 heavy (non-hydrogen) atoms. The van der Waals surface area contributed by atoms with Crippen molar-refractivity contribution < 1.29 is 4.79 Å². The summed E-state index contributed by atoms with van der Waals surface area (Å²) in [5.41, 5.74) is 4.66.